The maximum Gasteiger partial charge on any atom is 0.137 e. The lowest BCUT2D eigenvalue weighted by Gasteiger charge is -2.29. The van der Waals surface area contributed by atoms with Crippen LogP contribution >= 0.6 is 0 Å². The summed E-state index contributed by atoms with van der Waals surface area (Å²) >= 11 is 0. The number of H-pyrrole nitrogens is 1. The third-order valence-corrected chi connectivity index (χ3v) is 6.07. The molecular weight excluding hydrogens is 320 g/mol. The Morgan fingerprint density at radius 1 is 1.19 bits per heavy atom. The van der Waals surface area contributed by atoms with Gasteiger partial charge in [-0.1, -0.05) is 6.07 Å². The zero-order valence-corrected chi connectivity index (χ0v) is 15.6. The first-order valence-corrected chi connectivity index (χ1v) is 9.71. The highest BCUT2D eigenvalue weighted by atomic mass is 15.1. The highest BCUT2D eigenvalue weighted by Gasteiger charge is 2.25. The topological polar surface area (TPSA) is 44.0 Å². The lowest BCUT2D eigenvalue weighted by Crippen LogP contribution is -2.29. The molecule has 1 unspecified atom stereocenters. The first-order chi connectivity index (χ1) is 12.7. The summed E-state index contributed by atoms with van der Waals surface area (Å²) in [6.45, 7) is 5.48. The summed E-state index contributed by atoms with van der Waals surface area (Å²) in [7, 11) is 2.23. The van der Waals surface area contributed by atoms with Crippen LogP contribution in [0.1, 0.15) is 41.1 Å². The number of nitrogens with one attached hydrogen (secondary N) is 2. The zero-order valence-electron chi connectivity index (χ0n) is 15.6. The van der Waals surface area contributed by atoms with E-state index in [1.807, 2.05) is 12.4 Å². The summed E-state index contributed by atoms with van der Waals surface area (Å²) in [5.41, 5.74) is 9.35. The predicted octanol–water partition coefficient (Wildman–Crippen LogP) is 3.95. The van der Waals surface area contributed by atoms with E-state index in [4.69, 9.17) is 0 Å². The largest absolute Gasteiger partial charge is 0.346 e. The normalized spacial score (nSPS) is 20.6. The number of benzene rings is 1. The van der Waals surface area contributed by atoms with Crippen molar-refractivity contribution < 1.29 is 0 Å². The molecule has 1 aromatic carbocycles. The van der Waals surface area contributed by atoms with Crippen molar-refractivity contribution in [2.45, 2.75) is 38.8 Å². The Balaban J connectivity index is 1.66. The van der Waals surface area contributed by atoms with Gasteiger partial charge in [0, 0.05) is 42.5 Å². The fourth-order valence-electron chi connectivity index (χ4n) is 4.55. The fourth-order valence-corrected chi connectivity index (χ4v) is 4.55. The van der Waals surface area contributed by atoms with Gasteiger partial charge in [0.2, 0.25) is 0 Å². The molecule has 1 atom stereocenters. The van der Waals surface area contributed by atoms with Crippen molar-refractivity contribution in [1.29, 1.82) is 0 Å². The van der Waals surface area contributed by atoms with Gasteiger partial charge in [-0.25, -0.2) is 4.98 Å². The Bertz CT molecular complexity index is 966. The lowest BCUT2D eigenvalue weighted by atomic mass is 9.87. The molecule has 4 heteroatoms. The van der Waals surface area contributed by atoms with E-state index >= 15 is 0 Å². The lowest BCUT2D eigenvalue weighted by molar-refractivity contribution is 0.310. The van der Waals surface area contributed by atoms with Gasteiger partial charge in [-0.05, 0) is 79.7 Å². The van der Waals surface area contributed by atoms with Gasteiger partial charge in [-0.2, -0.15) is 0 Å². The summed E-state index contributed by atoms with van der Waals surface area (Å²) in [5, 5.41) is 4.93. The van der Waals surface area contributed by atoms with Crippen molar-refractivity contribution in [2.75, 3.05) is 20.1 Å². The number of nitrogens with zero attached hydrogens (tertiary/aromatic N) is 2. The van der Waals surface area contributed by atoms with Gasteiger partial charge >= 0.3 is 0 Å². The summed E-state index contributed by atoms with van der Waals surface area (Å²) in [5.74, 6) is 0. The second kappa shape index (κ2) is 6.22. The van der Waals surface area contributed by atoms with E-state index < -0.39 is 0 Å². The number of hydrogen-bond donors (Lipinski definition) is 2. The predicted molar refractivity (Wildman–Crippen MR) is 106 cm³/mol. The highest BCUT2D eigenvalue weighted by molar-refractivity contribution is 5.84. The second-order valence-corrected chi connectivity index (χ2v) is 7.93. The number of hydrogen-bond acceptors (Lipinski definition) is 3. The first kappa shape index (κ1) is 16.0. The molecule has 0 spiro atoms. The van der Waals surface area contributed by atoms with Crippen LogP contribution in [0.4, 0.5) is 0 Å². The summed E-state index contributed by atoms with van der Waals surface area (Å²) in [6, 6.07) is 7.62. The number of pyridine rings is 1. The minimum atomic E-state index is 0.501. The average molecular weight is 346 g/mol. The molecule has 0 amide bonds. The molecule has 2 aliphatic heterocycles. The van der Waals surface area contributed by atoms with Crippen LogP contribution < -0.4 is 5.32 Å². The van der Waals surface area contributed by atoms with Crippen molar-refractivity contribution in [3.8, 4) is 11.1 Å². The number of aryl methyl sites for hydroxylation is 1. The Morgan fingerprint density at radius 2 is 2.12 bits per heavy atom. The van der Waals surface area contributed by atoms with Gasteiger partial charge in [-0.15, -0.1) is 0 Å². The quantitative estimate of drug-likeness (QED) is 0.738. The standard InChI is InChI=1S/C22H26N4/c1-14-11-24-22-18(14)10-17(12-25-22)16-8-15-5-7-26(2)13-20(15)19(9-16)21-4-3-6-23-21/h8-12,21,23H,3-7,13H2,1-2H3,(H,24,25). The number of aromatic nitrogens is 2. The summed E-state index contributed by atoms with van der Waals surface area (Å²) < 4.78 is 0. The van der Waals surface area contributed by atoms with Crippen molar-refractivity contribution in [3.05, 3.63) is 52.8 Å². The Labute approximate surface area is 154 Å². The first-order valence-electron chi connectivity index (χ1n) is 9.71. The Hall–Kier alpha value is -2.17. The minimum absolute atomic E-state index is 0.501. The molecule has 0 aliphatic carbocycles. The molecular formula is C22H26N4. The maximum atomic E-state index is 4.65. The molecule has 26 heavy (non-hydrogen) atoms. The van der Waals surface area contributed by atoms with Crippen LogP contribution in [0.15, 0.2) is 30.6 Å². The van der Waals surface area contributed by atoms with E-state index in [1.54, 1.807) is 5.56 Å². The van der Waals surface area contributed by atoms with Crippen LogP contribution in [-0.2, 0) is 13.0 Å². The molecule has 1 fully saturated rings. The van der Waals surface area contributed by atoms with Gasteiger partial charge in [-0.3, -0.25) is 0 Å². The average Bonchev–Trinajstić information content (AvgIpc) is 3.31. The third-order valence-electron chi connectivity index (χ3n) is 6.07. The van der Waals surface area contributed by atoms with Crippen LogP contribution in [0.25, 0.3) is 22.2 Å². The number of likely N-dealkylation sites (N-methyl/N-ethyl adjacent to an activating group) is 1. The smallest absolute Gasteiger partial charge is 0.137 e. The maximum absolute atomic E-state index is 4.65. The number of fused-ring (bicyclic) bond motifs is 2. The van der Waals surface area contributed by atoms with Gasteiger partial charge in [0.05, 0.1) is 0 Å². The molecule has 2 aliphatic rings. The molecule has 4 nitrogen and oxygen atoms in total. The van der Waals surface area contributed by atoms with Crippen molar-refractivity contribution in [3.63, 3.8) is 0 Å². The number of rotatable bonds is 2. The van der Waals surface area contributed by atoms with Gasteiger partial charge in [0.15, 0.2) is 0 Å². The van der Waals surface area contributed by atoms with Crippen LogP contribution in [0.5, 0.6) is 0 Å². The van der Waals surface area contributed by atoms with E-state index in [2.05, 4.69) is 52.4 Å². The fraction of sp³-hybridized carbons (Fsp3) is 0.409. The second-order valence-electron chi connectivity index (χ2n) is 7.93. The molecule has 3 aromatic rings. The van der Waals surface area contributed by atoms with Crippen LogP contribution in [-0.4, -0.2) is 35.0 Å². The molecule has 134 valence electrons. The van der Waals surface area contributed by atoms with Crippen molar-refractivity contribution >= 4 is 11.0 Å². The van der Waals surface area contributed by atoms with Crippen LogP contribution in [0, 0.1) is 6.92 Å². The van der Waals surface area contributed by atoms with Crippen molar-refractivity contribution in [2.24, 2.45) is 0 Å². The Kier molecular flexibility index (Phi) is 3.84. The van der Waals surface area contributed by atoms with E-state index in [-0.39, 0.29) is 0 Å². The van der Waals surface area contributed by atoms with Crippen LogP contribution in [0.3, 0.4) is 0 Å². The van der Waals surface area contributed by atoms with Gasteiger partial charge in [0.1, 0.15) is 5.65 Å². The molecule has 5 rings (SSSR count). The summed E-state index contributed by atoms with van der Waals surface area (Å²) in [6.07, 6.45) is 7.71. The third kappa shape index (κ3) is 2.65. The van der Waals surface area contributed by atoms with Gasteiger partial charge in [0.25, 0.3) is 0 Å². The number of aromatic amines is 1. The van der Waals surface area contributed by atoms with E-state index in [0.29, 0.717) is 6.04 Å². The van der Waals surface area contributed by atoms with E-state index in [1.165, 1.54) is 46.0 Å². The minimum Gasteiger partial charge on any atom is -0.346 e. The van der Waals surface area contributed by atoms with E-state index in [0.717, 1.165) is 31.7 Å². The molecule has 0 saturated carbocycles. The molecule has 1 saturated heterocycles. The van der Waals surface area contributed by atoms with E-state index in [9.17, 15) is 0 Å². The highest BCUT2D eigenvalue weighted by Crippen LogP contribution is 2.35. The van der Waals surface area contributed by atoms with Crippen molar-refractivity contribution in [1.82, 2.24) is 20.2 Å². The SMILES string of the molecule is Cc1c[nH]c2ncc(-c3cc4c(c(C5CCCN5)c3)CN(C)CC4)cc12. The van der Waals surface area contributed by atoms with Crippen LogP contribution in [0.2, 0.25) is 0 Å². The molecule has 2 aromatic heterocycles. The molecule has 2 N–H and O–H groups in total. The molecule has 0 radical (unpaired) electrons. The molecule has 0 bridgehead atoms. The zero-order chi connectivity index (χ0) is 17.7. The molecule has 4 heterocycles. The summed E-state index contributed by atoms with van der Waals surface area (Å²) in [4.78, 5) is 10.3. The Morgan fingerprint density at radius 3 is 2.96 bits per heavy atom. The monoisotopic (exact) mass is 346 g/mol. The van der Waals surface area contributed by atoms with Gasteiger partial charge < -0.3 is 15.2 Å².